The molecule has 2 atom stereocenters. The molecule has 1 aliphatic heterocycles. The van der Waals surface area contributed by atoms with E-state index in [4.69, 9.17) is 28.7 Å². The molecule has 1 heterocycles. The van der Waals surface area contributed by atoms with Crippen LogP contribution in [0.1, 0.15) is 25.8 Å². The number of methoxy groups -OCH3 is 3. The normalized spacial score (nSPS) is 17.1. The number of halogens is 1. The zero-order chi connectivity index (χ0) is 21.1. The molecule has 172 valence electrons. The predicted molar refractivity (Wildman–Crippen MR) is 129 cm³/mol. The Morgan fingerprint density at radius 1 is 1.20 bits per heavy atom. The van der Waals surface area contributed by atoms with Crippen LogP contribution in [-0.4, -0.2) is 72.3 Å². The van der Waals surface area contributed by atoms with Crippen LogP contribution in [0.2, 0.25) is 0 Å². The minimum absolute atomic E-state index is 0. The molecule has 1 aliphatic rings. The Labute approximate surface area is 197 Å². The molecule has 0 radical (unpaired) electrons. The van der Waals surface area contributed by atoms with Crippen molar-refractivity contribution in [2.45, 2.75) is 38.8 Å². The Kier molecular flexibility index (Phi) is 12.9. The Morgan fingerprint density at radius 3 is 2.43 bits per heavy atom. The van der Waals surface area contributed by atoms with Gasteiger partial charge >= 0.3 is 0 Å². The molecule has 9 heteroatoms. The Morgan fingerprint density at radius 2 is 1.90 bits per heavy atom. The van der Waals surface area contributed by atoms with E-state index in [2.05, 4.69) is 17.6 Å². The van der Waals surface area contributed by atoms with E-state index in [0.717, 1.165) is 42.6 Å². The number of guanidine groups is 1. The number of aliphatic imine (C=N–C) groups is 1. The second-order valence-corrected chi connectivity index (χ2v) is 6.89. The van der Waals surface area contributed by atoms with E-state index in [1.807, 2.05) is 19.1 Å². The van der Waals surface area contributed by atoms with E-state index < -0.39 is 0 Å². The maximum Gasteiger partial charge on any atom is 0.191 e. The minimum atomic E-state index is 0. The molecule has 8 nitrogen and oxygen atoms in total. The van der Waals surface area contributed by atoms with Crippen molar-refractivity contribution < 1.29 is 23.7 Å². The first-order valence-electron chi connectivity index (χ1n) is 10.1. The highest BCUT2D eigenvalue weighted by Gasteiger charge is 2.17. The first-order valence-corrected chi connectivity index (χ1v) is 10.1. The fraction of sp³-hybridized carbons (Fsp3) is 0.667. The van der Waals surface area contributed by atoms with Crippen LogP contribution < -0.4 is 24.8 Å². The molecule has 0 aromatic heterocycles. The molecule has 2 N–H and O–H groups in total. The van der Waals surface area contributed by atoms with Crippen molar-refractivity contribution >= 4 is 29.9 Å². The van der Waals surface area contributed by atoms with Gasteiger partial charge in [-0.2, -0.15) is 0 Å². The number of hydrogen-bond donors (Lipinski definition) is 2. The van der Waals surface area contributed by atoms with Gasteiger partial charge in [-0.05, 0) is 26.7 Å². The van der Waals surface area contributed by atoms with Gasteiger partial charge in [-0.1, -0.05) is 0 Å². The van der Waals surface area contributed by atoms with Crippen molar-refractivity contribution in [3.05, 3.63) is 17.7 Å². The first kappa shape index (κ1) is 26.6. The van der Waals surface area contributed by atoms with Crippen LogP contribution >= 0.6 is 24.0 Å². The summed E-state index contributed by atoms with van der Waals surface area (Å²) in [7, 11) is 4.91. The highest BCUT2D eigenvalue weighted by Crippen LogP contribution is 2.34. The van der Waals surface area contributed by atoms with Gasteiger partial charge in [0.15, 0.2) is 5.96 Å². The summed E-state index contributed by atoms with van der Waals surface area (Å²) in [6.45, 7) is 7.57. The molecule has 0 spiro atoms. The van der Waals surface area contributed by atoms with Gasteiger partial charge in [0.2, 0.25) is 0 Å². The molecule has 0 saturated carbocycles. The quantitative estimate of drug-likeness (QED) is 0.255. The second kappa shape index (κ2) is 14.5. The standard InChI is InChI=1S/C21H35N3O5.HI/c1-6-22-21(24-15(2)13-29-16-8-10-28-14-16)23-9-7-18-19(26-4)11-17(25-3)12-20(18)27-5;/h11-12,15-16H,6-10,13-14H2,1-5H3,(H2,22,23,24);1H. The average Bonchev–Trinajstić information content (AvgIpc) is 3.25. The summed E-state index contributed by atoms with van der Waals surface area (Å²) in [5.74, 6) is 2.92. The summed E-state index contributed by atoms with van der Waals surface area (Å²) < 4.78 is 27.6. The fourth-order valence-corrected chi connectivity index (χ4v) is 3.12. The van der Waals surface area contributed by atoms with Gasteiger partial charge < -0.3 is 34.3 Å². The lowest BCUT2D eigenvalue weighted by Gasteiger charge is -2.20. The molecule has 30 heavy (non-hydrogen) atoms. The second-order valence-electron chi connectivity index (χ2n) is 6.89. The molecule has 1 fully saturated rings. The number of nitrogens with one attached hydrogen (secondary N) is 2. The lowest BCUT2D eigenvalue weighted by Crippen LogP contribution is -2.44. The maximum atomic E-state index is 5.88. The first-order chi connectivity index (χ1) is 14.1. The fourth-order valence-electron chi connectivity index (χ4n) is 3.12. The predicted octanol–water partition coefficient (Wildman–Crippen LogP) is 2.62. The molecule has 1 saturated heterocycles. The Hall–Kier alpha value is -1.46. The number of ether oxygens (including phenoxy) is 5. The highest BCUT2D eigenvalue weighted by molar-refractivity contribution is 14.0. The smallest absolute Gasteiger partial charge is 0.191 e. The molecule has 1 aromatic carbocycles. The number of hydrogen-bond acceptors (Lipinski definition) is 6. The van der Waals surface area contributed by atoms with Crippen LogP contribution in [0.25, 0.3) is 0 Å². The number of rotatable bonds is 11. The lowest BCUT2D eigenvalue weighted by atomic mass is 10.1. The molecule has 0 amide bonds. The van der Waals surface area contributed by atoms with Gasteiger partial charge in [0.1, 0.15) is 17.2 Å². The van der Waals surface area contributed by atoms with Crippen molar-refractivity contribution in [1.29, 1.82) is 0 Å². The van der Waals surface area contributed by atoms with E-state index in [1.165, 1.54) is 0 Å². The number of benzene rings is 1. The third kappa shape index (κ3) is 8.35. The zero-order valence-electron chi connectivity index (χ0n) is 18.7. The van der Waals surface area contributed by atoms with Gasteiger partial charge in [-0.3, -0.25) is 4.99 Å². The van der Waals surface area contributed by atoms with E-state index in [0.29, 0.717) is 31.9 Å². The molecule has 2 unspecified atom stereocenters. The highest BCUT2D eigenvalue weighted by atomic mass is 127. The summed E-state index contributed by atoms with van der Waals surface area (Å²) >= 11 is 0. The number of nitrogens with zero attached hydrogens (tertiary/aromatic N) is 1. The van der Waals surface area contributed by atoms with Crippen molar-refractivity contribution in [3.8, 4) is 17.2 Å². The summed E-state index contributed by atoms with van der Waals surface area (Å²) in [6, 6.07) is 3.85. The molecule has 1 aromatic rings. The summed E-state index contributed by atoms with van der Waals surface area (Å²) in [5.41, 5.74) is 0.966. The zero-order valence-corrected chi connectivity index (χ0v) is 21.0. The van der Waals surface area contributed by atoms with Gasteiger partial charge in [-0.15, -0.1) is 24.0 Å². The maximum absolute atomic E-state index is 5.88. The van der Waals surface area contributed by atoms with Crippen molar-refractivity contribution in [2.24, 2.45) is 4.99 Å². The van der Waals surface area contributed by atoms with Crippen molar-refractivity contribution in [3.63, 3.8) is 0 Å². The van der Waals surface area contributed by atoms with E-state index in [9.17, 15) is 0 Å². The van der Waals surface area contributed by atoms with Gasteiger partial charge in [0.25, 0.3) is 0 Å². The lowest BCUT2D eigenvalue weighted by molar-refractivity contribution is 0.0347. The van der Waals surface area contributed by atoms with Crippen LogP contribution in [0.3, 0.4) is 0 Å². The van der Waals surface area contributed by atoms with Gasteiger partial charge in [0.05, 0.1) is 40.6 Å². The summed E-state index contributed by atoms with van der Waals surface area (Å²) in [4.78, 5) is 4.69. The van der Waals surface area contributed by atoms with Gasteiger partial charge in [-0.25, -0.2) is 0 Å². The van der Waals surface area contributed by atoms with Crippen LogP contribution in [0.15, 0.2) is 17.1 Å². The molecule has 0 bridgehead atoms. The molecular weight excluding hydrogens is 501 g/mol. The van der Waals surface area contributed by atoms with Crippen molar-refractivity contribution in [2.75, 3.05) is 54.2 Å². The van der Waals surface area contributed by atoms with Crippen LogP contribution in [0, 0.1) is 0 Å². The van der Waals surface area contributed by atoms with Gasteiger partial charge in [0, 0.05) is 43.4 Å². The van der Waals surface area contributed by atoms with E-state index in [1.54, 1.807) is 21.3 Å². The monoisotopic (exact) mass is 537 g/mol. The average molecular weight is 537 g/mol. The third-order valence-electron chi connectivity index (χ3n) is 4.65. The minimum Gasteiger partial charge on any atom is -0.496 e. The summed E-state index contributed by atoms with van der Waals surface area (Å²) in [5, 5.41) is 6.67. The van der Waals surface area contributed by atoms with Crippen molar-refractivity contribution in [1.82, 2.24) is 10.6 Å². The molecule has 0 aliphatic carbocycles. The largest absolute Gasteiger partial charge is 0.496 e. The Balaban J connectivity index is 0.00000450. The van der Waals surface area contributed by atoms with E-state index in [-0.39, 0.29) is 36.1 Å². The van der Waals surface area contributed by atoms with Crippen LogP contribution in [0.4, 0.5) is 0 Å². The molecular formula is C21H36IN3O5. The SMILES string of the molecule is CCNC(=NCCc1c(OC)cc(OC)cc1OC)NC(C)COC1CCOC1.I. The van der Waals surface area contributed by atoms with Crippen LogP contribution in [0.5, 0.6) is 17.2 Å². The van der Waals surface area contributed by atoms with E-state index >= 15 is 0 Å². The summed E-state index contributed by atoms with van der Waals surface area (Å²) in [6.07, 6.45) is 1.85. The Bertz CT molecular complexity index is 629. The topological polar surface area (TPSA) is 82.6 Å². The third-order valence-corrected chi connectivity index (χ3v) is 4.65. The molecule has 2 rings (SSSR count). The van der Waals surface area contributed by atoms with Crippen LogP contribution in [-0.2, 0) is 15.9 Å².